The molecule has 1 aromatic carbocycles. The van der Waals surface area contributed by atoms with Crippen molar-refractivity contribution in [2.24, 2.45) is 5.92 Å². The molecule has 1 N–H and O–H groups in total. The monoisotopic (exact) mass is 313 g/mol. The van der Waals surface area contributed by atoms with E-state index >= 15 is 0 Å². The Morgan fingerprint density at radius 3 is 3.09 bits per heavy atom. The highest BCUT2D eigenvalue weighted by molar-refractivity contribution is 5.79. The zero-order valence-electron chi connectivity index (χ0n) is 13.4. The van der Waals surface area contributed by atoms with Crippen molar-refractivity contribution < 1.29 is 9.53 Å². The van der Waals surface area contributed by atoms with E-state index in [1.807, 2.05) is 35.0 Å². The molecule has 5 heteroatoms. The summed E-state index contributed by atoms with van der Waals surface area (Å²) in [6.45, 7) is 3.36. The summed E-state index contributed by atoms with van der Waals surface area (Å²) in [5.74, 6) is 0.0612. The molecule has 2 heterocycles. The van der Waals surface area contributed by atoms with Gasteiger partial charge in [-0.3, -0.25) is 4.79 Å². The predicted octanol–water partition coefficient (Wildman–Crippen LogP) is 2.69. The second kappa shape index (κ2) is 7.42. The van der Waals surface area contributed by atoms with Crippen LogP contribution in [0.4, 0.5) is 0 Å². The molecule has 0 radical (unpaired) electrons. The van der Waals surface area contributed by atoms with Crippen molar-refractivity contribution in [3.8, 4) is 5.69 Å². The zero-order valence-corrected chi connectivity index (χ0v) is 13.4. The molecule has 1 fully saturated rings. The summed E-state index contributed by atoms with van der Waals surface area (Å²) < 4.78 is 7.68. The lowest BCUT2D eigenvalue weighted by molar-refractivity contribution is -0.134. The quantitative estimate of drug-likeness (QED) is 0.923. The van der Waals surface area contributed by atoms with E-state index in [0.29, 0.717) is 6.54 Å². The largest absolute Gasteiger partial charge is 0.377 e. The van der Waals surface area contributed by atoms with E-state index in [0.717, 1.165) is 37.1 Å². The molecule has 2 unspecified atom stereocenters. The van der Waals surface area contributed by atoms with Crippen LogP contribution >= 0.6 is 0 Å². The van der Waals surface area contributed by atoms with Crippen molar-refractivity contribution in [3.63, 3.8) is 0 Å². The maximum absolute atomic E-state index is 12.5. The number of nitrogens with one attached hydrogen (secondary N) is 1. The number of carbonyl (C=O) groups is 1. The van der Waals surface area contributed by atoms with Gasteiger partial charge in [0.15, 0.2) is 0 Å². The average molecular weight is 313 g/mol. The van der Waals surface area contributed by atoms with Crippen molar-refractivity contribution >= 4 is 5.91 Å². The summed E-state index contributed by atoms with van der Waals surface area (Å²) in [4.78, 5) is 16.6. The van der Waals surface area contributed by atoms with E-state index in [9.17, 15) is 4.79 Å². The molecule has 5 nitrogen and oxygen atoms in total. The number of aromatic nitrogens is 2. The van der Waals surface area contributed by atoms with Crippen LogP contribution in [0.3, 0.4) is 0 Å². The van der Waals surface area contributed by atoms with Crippen LogP contribution in [0.5, 0.6) is 0 Å². The van der Waals surface area contributed by atoms with Gasteiger partial charge in [-0.15, -0.1) is 0 Å². The number of para-hydroxylation sites is 1. The second-order valence-electron chi connectivity index (χ2n) is 5.88. The lowest BCUT2D eigenvalue weighted by atomic mass is 9.92. The molecule has 2 atom stereocenters. The Bertz CT molecular complexity index is 639. The molecule has 2 aromatic rings. The number of nitrogens with zero attached hydrogens (tertiary/aromatic N) is 2. The molecule has 0 spiro atoms. The number of carbonyl (C=O) groups excluding carboxylic acids is 1. The normalized spacial score (nSPS) is 21.1. The summed E-state index contributed by atoms with van der Waals surface area (Å²) in [7, 11) is 0. The van der Waals surface area contributed by atoms with Crippen LogP contribution in [-0.4, -0.2) is 28.2 Å². The van der Waals surface area contributed by atoms with Gasteiger partial charge >= 0.3 is 0 Å². The SMILES string of the molecule is CCC1OCCCC1C(=O)NCc1ccccc1-n1ccnc1. The van der Waals surface area contributed by atoms with Crippen LogP contribution in [0.1, 0.15) is 31.7 Å². The smallest absolute Gasteiger partial charge is 0.226 e. The highest BCUT2D eigenvalue weighted by Gasteiger charge is 2.30. The molecule has 122 valence electrons. The molecule has 1 saturated heterocycles. The standard InChI is InChI=1S/C18H23N3O2/c1-2-17-15(7-5-11-23-17)18(22)20-12-14-6-3-4-8-16(14)21-10-9-19-13-21/h3-4,6,8-10,13,15,17H,2,5,7,11-12H2,1H3,(H,20,22). The molecule has 0 aliphatic carbocycles. The Kier molecular flexibility index (Phi) is 5.08. The lowest BCUT2D eigenvalue weighted by Gasteiger charge is -2.30. The summed E-state index contributed by atoms with van der Waals surface area (Å²) in [6, 6.07) is 8.04. The summed E-state index contributed by atoms with van der Waals surface area (Å²) in [6.07, 6.45) is 8.22. The Balaban J connectivity index is 1.68. The van der Waals surface area contributed by atoms with Crippen molar-refractivity contribution in [2.75, 3.05) is 6.61 Å². The number of benzene rings is 1. The van der Waals surface area contributed by atoms with Gasteiger partial charge in [0, 0.05) is 25.5 Å². The molecular weight excluding hydrogens is 290 g/mol. The van der Waals surface area contributed by atoms with Gasteiger partial charge in [-0.05, 0) is 30.9 Å². The van der Waals surface area contributed by atoms with E-state index in [2.05, 4.69) is 17.2 Å². The lowest BCUT2D eigenvalue weighted by Crippen LogP contribution is -2.41. The number of ether oxygens (including phenoxy) is 1. The topological polar surface area (TPSA) is 56.1 Å². The van der Waals surface area contributed by atoms with E-state index < -0.39 is 0 Å². The van der Waals surface area contributed by atoms with Gasteiger partial charge in [-0.1, -0.05) is 25.1 Å². The van der Waals surface area contributed by atoms with Crippen LogP contribution in [-0.2, 0) is 16.1 Å². The number of amides is 1. The Labute approximate surface area is 136 Å². The molecule has 23 heavy (non-hydrogen) atoms. The Morgan fingerprint density at radius 1 is 1.43 bits per heavy atom. The van der Waals surface area contributed by atoms with Gasteiger partial charge in [0.05, 0.1) is 24.0 Å². The predicted molar refractivity (Wildman–Crippen MR) is 88.2 cm³/mol. The highest BCUT2D eigenvalue weighted by atomic mass is 16.5. The zero-order chi connectivity index (χ0) is 16.1. The third-order valence-electron chi connectivity index (χ3n) is 4.41. The first-order valence-corrected chi connectivity index (χ1v) is 8.25. The van der Waals surface area contributed by atoms with Gasteiger partial charge < -0.3 is 14.6 Å². The molecule has 3 rings (SSSR count). The molecule has 1 aromatic heterocycles. The minimum atomic E-state index is -0.0332. The summed E-state index contributed by atoms with van der Waals surface area (Å²) in [5.41, 5.74) is 2.11. The fourth-order valence-corrected chi connectivity index (χ4v) is 3.17. The van der Waals surface area contributed by atoms with E-state index in [1.54, 1.807) is 12.5 Å². The van der Waals surface area contributed by atoms with Gasteiger partial charge in [-0.25, -0.2) is 4.98 Å². The fraction of sp³-hybridized carbons (Fsp3) is 0.444. The highest BCUT2D eigenvalue weighted by Crippen LogP contribution is 2.23. The molecule has 1 aliphatic heterocycles. The Morgan fingerprint density at radius 2 is 2.30 bits per heavy atom. The summed E-state index contributed by atoms with van der Waals surface area (Å²) in [5, 5.41) is 3.08. The van der Waals surface area contributed by atoms with Crippen LogP contribution in [0.2, 0.25) is 0 Å². The minimum Gasteiger partial charge on any atom is -0.377 e. The number of rotatable bonds is 5. The van der Waals surface area contributed by atoms with Crippen LogP contribution in [0.15, 0.2) is 43.0 Å². The van der Waals surface area contributed by atoms with Crippen molar-refractivity contribution in [2.45, 2.75) is 38.8 Å². The molecule has 1 aliphatic rings. The maximum Gasteiger partial charge on any atom is 0.226 e. The number of hydrogen-bond acceptors (Lipinski definition) is 3. The van der Waals surface area contributed by atoms with Crippen LogP contribution in [0, 0.1) is 5.92 Å². The third-order valence-corrected chi connectivity index (χ3v) is 4.41. The van der Waals surface area contributed by atoms with Gasteiger partial charge in [-0.2, -0.15) is 0 Å². The number of imidazole rings is 1. The van der Waals surface area contributed by atoms with E-state index in [1.165, 1.54) is 0 Å². The van der Waals surface area contributed by atoms with Gasteiger partial charge in [0.25, 0.3) is 0 Å². The van der Waals surface area contributed by atoms with Crippen molar-refractivity contribution in [1.82, 2.24) is 14.9 Å². The molecule has 0 bridgehead atoms. The maximum atomic E-state index is 12.5. The first-order valence-electron chi connectivity index (χ1n) is 8.25. The second-order valence-corrected chi connectivity index (χ2v) is 5.88. The summed E-state index contributed by atoms with van der Waals surface area (Å²) >= 11 is 0. The molecule has 1 amide bonds. The van der Waals surface area contributed by atoms with E-state index in [4.69, 9.17) is 4.74 Å². The van der Waals surface area contributed by atoms with Crippen LogP contribution < -0.4 is 5.32 Å². The third kappa shape index (κ3) is 3.62. The first-order chi connectivity index (χ1) is 11.3. The van der Waals surface area contributed by atoms with E-state index in [-0.39, 0.29) is 17.9 Å². The minimum absolute atomic E-state index is 0.0332. The first kappa shape index (κ1) is 15.7. The average Bonchev–Trinajstić information content (AvgIpc) is 3.14. The molecule has 0 saturated carbocycles. The van der Waals surface area contributed by atoms with Gasteiger partial charge in [0.2, 0.25) is 5.91 Å². The van der Waals surface area contributed by atoms with Gasteiger partial charge in [0.1, 0.15) is 0 Å². The molecular formula is C18H23N3O2. The Hall–Kier alpha value is -2.14. The van der Waals surface area contributed by atoms with Crippen molar-refractivity contribution in [3.05, 3.63) is 48.5 Å². The van der Waals surface area contributed by atoms with Crippen molar-refractivity contribution in [1.29, 1.82) is 0 Å². The fourth-order valence-electron chi connectivity index (χ4n) is 3.17. The van der Waals surface area contributed by atoms with Crippen LogP contribution in [0.25, 0.3) is 5.69 Å². The number of hydrogen-bond donors (Lipinski definition) is 1.